The van der Waals surface area contributed by atoms with Gasteiger partial charge in [0.05, 0.1) is 24.2 Å². The van der Waals surface area contributed by atoms with Crippen LogP contribution in [0, 0.1) is 11.3 Å². The predicted octanol–water partition coefficient (Wildman–Crippen LogP) is 3.78. The highest BCUT2D eigenvalue weighted by atomic mass is 16.5. The number of ether oxygens (including phenoxy) is 1. The Bertz CT molecular complexity index is 1300. The van der Waals surface area contributed by atoms with Crippen molar-refractivity contribution in [3.8, 4) is 11.8 Å². The lowest BCUT2D eigenvalue weighted by molar-refractivity contribution is -0.120. The van der Waals surface area contributed by atoms with Gasteiger partial charge in [-0.1, -0.05) is 24.3 Å². The lowest BCUT2D eigenvalue weighted by atomic mass is 9.65. The molecule has 1 fully saturated rings. The molecule has 35 heavy (non-hydrogen) atoms. The molecule has 1 atom stereocenters. The molecule has 2 aromatic carbocycles. The van der Waals surface area contributed by atoms with Crippen molar-refractivity contribution in [2.75, 3.05) is 19.5 Å². The molecule has 8 heteroatoms. The van der Waals surface area contributed by atoms with Crippen LogP contribution in [0.5, 0.6) is 5.75 Å². The van der Waals surface area contributed by atoms with Gasteiger partial charge >= 0.3 is 0 Å². The summed E-state index contributed by atoms with van der Waals surface area (Å²) >= 11 is 0. The van der Waals surface area contributed by atoms with E-state index in [1.54, 1.807) is 43.5 Å². The zero-order valence-corrected chi connectivity index (χ0v) is 19.6. The van der Waals surface area contributed by atoms with Gasteiger partial charge in [0.15, 0.2) is 0 Å². The minimum absolute atomic E-state index is 0.255. The minimum atomic E-state index is -0.947. The Morgan fingerprint density at radius 1 is 1.09 bits per heavy atom. The summed E-state index contributed by atoms with van der Waals surface area (Å²) in [5, 5.41) is 12.5. The van der Waals surface area contributed by atoms with Crippen LogP contribution in [0.3, 0.4) is 0 Å². The number of benzene rings is 2. The number of likely N-dealkylation sites (N-methyl/N-ethyl adjacent to an activating group) is 1. The molecule has 0 bridgehead atoms. The molecule has 178 valence electrons. The third-order valence-electron chi connectivity index (χ3n) is 6.54. The van der Waals surface area contributed by atoms with Crippen LogP contribution in [0.2, 0.25) is 0 Å². The molecular weight excluding hydrogens is 444 g/mol. The van der Waals surface area contributed by atoms with E-state index in [1.807, 2.05) is 12.1 Å². The Morgan fingerprint density at radius 2 is 1.77 bits per heavy atom. The summed E-state index contributed by atoms with van der Waals surface area (Å²) in [4.78, 5) is 41.8. The number of hydrogen-bond donors (Lipinski definition) is 2. The van der Waals surface area contributed by atoms with Crippen molar-refractivity contribution in [2.24, 2.45) is 0 Å². The summed E-state index contributed by atoms with van der Waals surface area (Å²) in [5.74, 6) is -0.198. The molecule has 4 rings (SSSR count). The van der Waals surface area contributed by atoms with Crippen LogP contribution < -0.4 is 15.6 Å². The van der Waals surface area contributed by atoms with Crippen LogP contribution in [-0.4, -0.2) is 35.9 Å². The molecule has 1 aliphatic carbocycles. The van der Waals surface area contributed by atoms with Crippen LogP contribution in [-0.2, 0) is 10.2 Å². The molecular formula is C27H26N4O4. The number of hydrogen-bond acceptors (Lipinski definition) is 5. The second kappa shape index (κ2) is 9.85. The summed E-state index contributed by atoms with van der Waals surface area (Å²) in [7, 11) is 3.09. The number of carbonyl (C=O) groups excluding carboxylic acids is 2. The molecule has 2 N–H and O–H groups in total. The molecule has 3 aromatic rings. The van der Waals surface area contributed by atoms with Gasteiger partial charge in [0.2, 0.25) is 5.56 Å². The number of carbonyl (C=O) groups is 2. The maximum absolute atomic E-state index is 13.5. The number of pyridine rings is 1. The van der Waals surface area contributed by atoms with Crippen molar-refractivity contribution >= 4 is 17.5 Å². The summed E-state index contributed by atoms with van der Waals surface area (Å²) in [6.45, 7) is 0. The normalized spacial score (nSPS) is 14.7. The van der Waals surface area contributed by atoms with E-state index in [9.17, 15) is 19.6 Å². The quantitative estimate of drug-likeness (QED) is 0.545. The highest BCUT2D eigenvalue weighted by Crippen LogP contribution is 2.43. The molecule has 0 spiro atoms. The minimum Gasteiger partial charge on any atom is -0.497 e. The first kappa shape index (κ1) is 23.8. The average Bonchev–Trinajstić information content (AvgIpc) is 2.85. The van der Waals surface area contributed by atoms with Gasteiger partial charge < -0.3 is 19.9 Å². The fourth-order valence-electron chi connectivity index (χ4n) is 4.28. The smallest absolute Gasteiger partial charge is 0.256 e. The number of nitrogens with zero attached hydrogens (tertiary/aromatic N) is 2. The number of rotatable bonds is 7. The van der Waals surface area contributed by atoms with Crippen LogP contribution in [0.4, 0.5) is 5.69 Å². The van der Waals surface area contributed by atoms with E-state index in [0.29, 0.717) is 17.0 Å². The molecule has 1 saturated carbocycles. The van der Waals surface area contributed by atoms with E-state index < -0.39 is 23.3 Å². The maximum Gasteiger partial charge on any atom is 0.256 e. The number of methoxy groups -OCH3 is 1. The standard InChI is InChI=1S/C27H26N4O4/c1-31(26(34)19-6-13-23(32)29-16-19)24(18-4-11-22(35-2)12-5-18)25(33)30-21-9-7-20(8-10-21)27(17-28)14-3-15-27/h4-13,16,24H,3,14-15H2,1-2H3,(H,29,32)(H,30,33). The number of H-pyrrole nitrogens is 1. The van der Waals surface area contributed by atoms with Crippen molar-refractivity contribution in [3.05, 3.63) is 93.9 Å². The topological polar surface area (TPSA) is 115 Å². The molecule has 1 aliphatic rings. The molecule has 0 aliphatic heterocycles. The van der Waals surface area contributed by atoms with Gasteiger partial charge in [0.1, 0.15) is 11.8 Å². The fourth-order valence-corrected chi connectivity index (χ4v) is 4.28. The highest BCUT2D eigenvalue weighted by Gasteiger charge is 2.39. The lowest BCUT2D eigenvalue weighted by Gasteiger charge is -2.35. The van der Waals surface area contributed by atoms with Gasteiger partial charge in [-0.15, -0.1) is 0 Å². The monoisotopic (exact) mass is 470 g/mol. The Morgan fingerprint density at radius 3 is 2.29 bits per heavy atom. The number of aromatic amines is 1. The molecule has 1 aromatic heterocycles. The van der Waals surface area contributed by atoms with Crippen molar-refractivity contribution in [2.45, 2.75) is 30.7 Å². The zero-order chi connectivity index (χ0) is 25.0. The van der Waals surface area contributed by atoms with E-state index in [-0.39, 0.29) is 11.1 Å². The summed E-state index contributed by atoms with van der Waals surface area (Å²) in [6, 6.07) is 18.4. The first-order chi connectivity index (χ1) is 16.9. The third-order valence-corrected chi connectivity index (χ3v) is 6.54. The summed E-state index contributed by atoms with van der Waals surface area (Å²) in [5.41, 5.74) is 1.61. The highest BCUT2D eigenvalue weighted by molar-refractivity contribution is 6.01. The number of nitriles is 1. The molecule has 0 saturated heterocycles. The van der Waals surface area contributed by atoms with Crippen LogP contribution in [0.25, 0.3) is 0 Å². The van der Waals surface area contributed by atoms with Gasteiger partial charge in [-0.05, 0) is 60.7 Å². The SMILES string of the molecule is COc1ccc(C(C(=O)Nc2ccc(C3(C#N)CCC3)cc2)N(C)C(=O)c2ccc(=O)[nH]c2)cc1. The van der Waals surface area contributed by atoms with Crippen molar-refractivity contribution in [1.29, 1.82) is 5.26 Å². The van der Waals surface area contributed by atoms with E-state index in [0.717, 1.165) is 24.8 Å². The lowest BCUT2D eigenvalue weighted by Crippen LogP contribution is -2.39. The number of amides is 2. The second-order valence-corrected chi connectivity index (χ2v) is 8.65. The Hall–Kier alpha value is -4.38. The van der Waals surface area contributed by atoms with Crippen molar-refractivity contribution in [1.82, 2.24) is 9.88 Å². The molecule has 2 amide bonds. The third kappa shape index (κ3) is 4.80. The largest absolute Gasteiger partial charge is 0.497 e. The summed E-state index contributed by atoms with van der Waals surface area (Å²) in [6.07, 6.45) is 4.04. The Kier molecular flexibility index (Phi) is 6.69. The summed E-state index contributed by atoms with van der Waals surface area (Å²) < 4.78 is 5.22. The zero-order valence-electron chi connectivity index (χ0n) is 19.6. The van der Waals surface area contributed by atoms with Gasteiger partial charge in [0, 0.05) is 25.0 Å². The van der Waals surface area contributed by atoms with Crippen molar-refractivity contribution < 1.29 is 14.3 Å². The van der Waals surface area contributed by atoms with Crippen LogP contribution in [0.1, 0.15) is 46.8 Å². The number of anilines is 1. The van der Waals surface area contributed by atoms with Gasteiger partial charge in [-0.3, -0.25) is 14.4 Å². The predicted molar refractivity (Wildman–Crippen MR) is 131 cm³/mol. The Labute approximate surface area is 203 Å². The number of aromatic nitrogens is 1. The fraction of sp³-hybridized carbons (Fsp3) is 0.259. The van der Waals surface area contributed by atoms with E-state index in [1.165, 1.54) is 30.3 Å². The molecule has 0 radical (unpaired) electrons. The van der Waals surface area contributed by atoms with E-state index in [4.69, 9.17) is 4.74 Å². The maximum atomic E-state index is 13.5. The number of nitrogens with one attached hydrogen (secondary N) is 2. The van der Waals surface area contributed by atoms with E-state index >= 15 is 0 Å². The first-order valence-corrected chi connectivity index (χ1v) is 11.3. The second-order valence-electron chi connectivity index (χ2n) is 8.65. The van der Waals surface area contributed by atoms with Crippen LogP contribution in [0.15, 0.2) is 71.7 Å². The van der Waals surface area contributed by atoms with Gasteiger partial charge in [-0.2, -0.15) is 5.26 Å². The Balaban J connectivity index is 1.60. The molecule has 1 unspecified atom stereocenters. The van der Waals surface area contributed by atoms with Crippen molar-refractivity contribution in [3.63, 3.8) is 0 Å². The molecule has 8 nitrogen and oxygen atoms in total. The van der Waals surface area contributed by atoms with Gasteiger partial charge in [0.25, 0.3) is 11.8 Å². The van der Waals surface area contributed by atoms with Gasteiger partial charge in [-0.25, -0.2) is 0 Å². The van der Waals surface area contributed by atoms with E-state index in [2.05, 4.69) is 16.4 Å². The van der Waals surface area contributed by atoms with Crippen LogP contribution >= 0.6 is 0 Å². The molecule has 1 heterocycles. The first-order valence-electron chi connectivity index (χ1n) is 11.3. The average molecular weight is 471 g/mol.